The van der Waals surface area contributed by atoms with Crippen molar-refractivity contribution in [3.63, 3.8) is 0 Å². The third kappa shape index (κ3) is 3.47. The van der Waals surface area contributed by atoms with Crippen LogP contribution in [0.4, 0.5) is 10.1 Å². The van der Waals surface area contributed by atoms with Gasteiger partial charge in [-0.25, -0.2) is 4.39 Å². The molecule has 0 aliphatic carbocycles. The number of hydrogen-bond acceptors (Lipinski definition) is 1. The Balaban J connectivity index is 2.15. The van der Waals surface area contributed by atoms with Crippen LogP contribution in [0, 0.1) is 5.82 Å². The minimum atomic E-state index is -0.322. The molecule has 1 amide bonds. The molecule has 0 aromatic heterocycles. The van der Waals surface area contributed by atoms with Crippen LogP contribution in [0.25, 0.3) is 0 Å². The lowest BCUT2D eigenvalue weighted by Gasteiger charge is -2.20. The van der Waals surface area contributed by atoms with Gasteiger partial charge in [-0.15, -0.1) is 11.6 Å². The van der Waals surface area contributed by atoms with Gasteiger partial charge in [0.05, 0.1) is 5.38 Å². The van der Waals surface area contributed by atoms with Crippen molar-refractivity contribution in [3.8, 4) is 0 Å². The quantitative estimate of drug-likeness (QED) is 0.622. The first-order valence-electron chi connectivity index (χ1n) is 6.88. The lowest BCUT2D eigenvalue weighted by molar-refractivity contribution is -0.116. The first-order valence-corrected chi connectivity index (χ1v) is 7.31. The van der Waals surface area contributed by atoms with Gasteiger partial charge in [0.1, 0.15) is 5.82 Å². The van der Waals surface area contributed by atoms with Crippen LogP contribution in [0.3, 0.4) is 0 Å². The van der Waals surface area contributed by atoms with Crippen LogP contribution in [0.1, 0.15) is 55.5 Å². The Labute approximate surface area is 118 Å². The summed E-state index contributed by atoms with van der Waals surface area (Å²) in [5, 5.41) is 2.41. The maximum absolute atomic E-state index is 14.0. The first-order chi connectivity index (χ1) is 9.11. The molecule has 0 bridgehead atoms. The van der Waals surface area contributed by atoms with E-state index in [4.69, 9.17) is 11.6 Å². The van der Waals surface area contributed by atoms with E-state index < -0.39 is 0 Å². The van der Waals surface area contributed by atoms with E-state index in [1.165, 1.54) is 6.07 Å². The molecule has 0 saturated carbocycles. The Bertz CT molecular complexity index is 475. The molecule has 0 saturated heterocycles. The summed E-state index contributed by atoms with van der Waals surface area (Å²) in [6.07, 6.45) is 5.16. The number of anilines is 1. The van der Waals surface area contributed by atoms with Crippen molar-refractivity contribution in [3.05, 3.63) is 29.1 Å². The van der Waals surface area contributed by atoms with Crippen molar-refractivity contribution in [1.82, 2.24) is 0 Å². The molecule has 1 N–H and O–H groups in total. The maximum Gasteiger partial charge on any atom is 0.224 e. The number of nitrogens with one attached hydrogen (secondary N) is 1. The van der Waals surface area contributed by atoms with Gasteiger partial charge in [-0.2, -0.15) is 0 Å². The summed E-state index contributed by atoms with van der Waals surface area (Å²) in [6, 6.07) is 3.21. The van der Waals surface area contributed by atoms with E-state index in [0.29, 0.717) is 24.1 Å². The molecule has 1 atom stereocenters. The molecule has 1 aliphatic rings. The van der Waals surface area contributed by atoms with Crippen molar-refractivity contribution in [1.29, 1.82) is 0 Å². The summed E-state index contributed by atoms with van der Waals surface area (Å²) in [5.74, 6) is -0.373. The van der Waals surface area contributed by atoms with Gasteiger partial charge in [0.25, 0.3) is 0 Å². The molecular formula is C15H19ClFNO. The fourth-order valence-corrected chi connectivity index (χ4v) is 2.71. The second-order valence-electron chi connectivity index (χ2n) is 5.04. The number of benzene rings is 1. The Hall–Kier alpha value is -1.09. The molecule has 2 nitrogen and oxygen atoms in total. The highest BCUT2D eigenvalue weighted by molar-refractivity contribution is 6.20. The van der Waals surface area contributed by atoms with Gasteiger partial charge in [0.2, 0.25) is 5.91 Å². The number of rotatable bonds is 5. The van der Waals surface area contributed by atoms with Gasteiger partial charge >= 0.3 is 0 Å². The molecule has 1 heterocycles. The second kappa shape index (κ2) is 6.38. The summed E-state index contributed by atoms with van der Waals surface area (Å²) in [4.78, 5) is 11.3. The number of alkyl halides is 1. The molecule has 0 spiro atoms. The highest BCUT2D eigenvalue weighted by Gasteiger charge is 2.20. The SMILES string of the molecule is CCCCCC(Cl)c1cc2c(cc1F)NC(=O)CC2. The molecule has 0 radical (unpaired) electrons. The highest BCUT2D eigenvalue weighted by Crippen LogP contribution is 2.33. The second-order valence-corrected chi connectivity index (χ2v) is 5.57. The molecule has 19 heavy (non-hydrogen) atoms. The van der Waals surface area contributed by atoms with Crippen LogP contribution in [0.5, 0.6) is 0 Å². The zero-order valence-electron chi connectivity index (χ0n) is 11.1. The third-order valence-electron chi connectivity index (χ3n) is 3.52. The molecule has 4 heteroatoms. The normalized spacial score (nSPS) is 15.8. The number of carbonyl (C=O) groups is 1. The van der Waals surface area contributed by atoms with Crippen molar-refractivity contribution < 1.29 is 9.18 Å². The summed E-state index contributed by atoms with van der Waals surface area (Å²) in [5.41, 5.74) is 2.14. The van der Waals surface area contributed by atoms with Crippen molar-refractivity contribution in [2.45, 2.75) is 50.8 Å². The zero-order chi connectivity index (χ0) is 13.8. The molecule has 0 fully saturated rings. The standard InChI is InChI=1S/C15H19ClFNO/c1-2-3-4-5-12(16)11-8-10-6-7-15(19)18-14(10)9-13(11)17/h8-9,12H,2-7H2,1H3,(H,18,19). The number of unbranched alkanes of at least 4 members (excludes halogenated alkanes) is 2. The zero-order valence-corrected chi connectivity index (χ0v) is 11.9. The van der Waals surface area contributed by atoms with E-state index in [1.54, 1.807) is 0 Å². The number of halogens is 2. The van der Waals surface area contributed by atoms with Crippen LogP contribution in [0.2, 0.25) is 0 Å². The number of amides is 1. The minimum absolute atomic E-state index is 0.0509. The van der Waals surface area contributed by atoms with Gasteiger partial charge in [-0.1, -0.05) is 26.2 Å². The minimum Gasteiger partial charge on any atom is -0.326 e. The Morgan fingerprint density at radius 1 is 1.37 bits per heavy atom. The topological polar surface area (TPSA) is 29.1 Å². The van der Waals surface area contributed by atoms with Crippen molar-refractivity contribution >= 4 is 23.2 Å². The Morgan fingerprint density at radius 2 is 2.16 bits per heavy atom. The van der Waals surface area contributed by atoms with Gasteiger partial charge in [0, 0.05) is 17.7 Å². The van der Waals surface area contributed by atoms with E-state index in [0.717, 1.165) is 31.2 Å². The molecule has 1 aromatic carbocycles. The van der Waals surface area contributed by atoms with Gasteiger partial charge in [0.15, 0.2) is 0 Å². The van der Waals surface area contributed by atoms with Gasteiger partial charge in [-0.3, -0.25) is 4.79 Å². The summed E-state index contributed by atoms with van der Waals surface area (Å²) < 4.78 is 14.0. The average Bonchev–Trinajstić information content (AvgIpc) is 2.38. The van der Waals surface area contributed by atoms with Crippen LogP contribution >= 0.6 is 11.6 Å². The Kier molecular flexibility index (Phi) is 4.81. The van der Waals surface area contributed by atoms with Crippen molar-refractivity contribution in [2.75, 3.05) is 5.32 Å². The Morgan fingerprint density at radius 3 is 2.89 bits per heavy atom. The van der Waals surface area contributed by atoms with Crippen LogP contribution in [-0.4, -0.2) is 5.91 Å². The number of carbonyl (C=O) groups excluding carboxylic acids is 1. The van der Waals surface area contributed by atoms with Crippen LogP contribution in [-0.2, 0) is 11.2 Å². The fourth-order valence-electron chi connectivity index (χ4n) is 2.39. The predicted octanol–water partition coefficient (Wildman–Crippen LogP) is 4.57. The summed E-state index contributed by atoms with van der Waals surface area (Å²) >= 11 is 6.29. The molecular weight excluding hydrogens is 265 g/mol. The predicted molar refractivity (Wildman–Crippen MR) is 76.1 cm³/mol. The van der Waals surface area contributed by atoms with E-state index >= 15 is 0 Å². The van der Waals surface area contributed by atoms with E-state index in [9.17, 15) is 9.18 Å². The fraction of sp³-hybridized carbons (Fsp3) is 0.533. The molecule has 1 unspecified atom stereocenters. The number of hydrogen-bond donors (Lipinski definition) is 1. The monoisotopic (exact) mass is 283 g/mol. The first kappa shape index (κ1) is 14.3. The highest BCUT2D eigenvalue weighted by atomic mass is 35.5. The number of aryl methyl sites for hydroxylation is 1. The summed E-state index contributed by atoms with van der Waals surface area (Å²) in [6.45, 7) is 2.13. The van der Waals surface area contributed by atoms with E-state index in [-0.39, 0.29) is 17.1 Å². The molecule has 2 rings (SSSR count). The van der Waals surface area contributed by atoms with Crippen molar-refractivity contribution in [2.24, 2.45) is 0 Å². The van der Waals surface area contributed by atoms with Crippen LogP contribution < -0.4 is 5.32 Å². The lowest BCUT2D eigenvalue weighted by atomic mass is 9.97. The van der Waals surface area contributed by atoms with Crippen LogP contribution in [0.15, 0.2) is 12.1 Å². The van der Waals surface area contributed by atoms with Gasteiger partial charge in [-0.05, 0) is 30.5 Å². The van der Waals surface area contributed by atoms with Gasteiger partial charge < -0.3 is 5.32 Å². The van der Waals surface area contributed by atoms with E-state index in [2.05, 4.69) is 12.2 Å². The molecule has 1 aliphatic heterocycles. The lowest BCUT2D eigenvalue weighted by Crippen LogP contribution is -2.19. The molecule has 104 valence electrons. The smallest absolute Gasteiger partial charge is 0.224 e. The average molecular weight is 284 g/mol. The third-order valence-corrected chi connectivity index (χ3v) is 3.97. The summed E-state index contributed by atoms with van der Waals surface area (Å²) in [7, 11) is 0. The number of fused-ring (bicyclic) bond motifs is 1. The largest absolute Gasteiger partial charge is 0.326 e. The maximum atomic E-state index is 14.0. The molecule has 1 aromatic rings. The van der Waals surface area contributed by atoms with E-state index in [1.807, 2.05) is 6.07 Å².